The molecule has 4 atom stereocenters. The second kappa shape index (κ2) is 8.06. The van der Waals surface area contributed by atoms with Gasteiger partial charge >= 0.3 is 0 Å². The lowest BCUT2D eigenvalue weighted by Gasteiger charge is -2.73. The standard InChI is InChI=1S/C32H38BrNO3/c1-30(37-18-21-6-4-3-5-7-21)23-15-32(16-24(30)28(23)35-2)26-14-22-10-11-25(33)29-27(22)31(32,19-36-29)12-13-34(26)17-20-8-9-20/h3-7,10-11,20,23-24,26,28H,8-9,12-19H2,1-2H3. The lowest BCUT2D eigenvalue weighted by molar-refractivity contribution is -0.317. The topological polar surface area (TPSA) is 30.9 Å². The highest BCUT2D eigenvalue weighted by Crippen LogP contribution is 2.73. The Morgan fingerprint density at radius 2 is 1.86 bits per heavy atom. The van der Waals surface area contributed by atoms with Crippen molar-refractivity contribution >= 4 is 15.9 Å². The van der Waals surface area contributed by atoms with Crippen molar-refractivity contribution in [2.24, 2.45) is 23.2 Å². The Kier molecular flexibility index (Phi) is 5.12. The number of benzene rings is 2. The number of likely N-dealkylation sites (tertiary alicyclic amines) is 1. The van der Waals surface area contributed by atoms with Crippen LogP contribution in [0, 0.1) is 23.2 Å². The third-order valence-corrected chi connectivity index (χ3v) is 12.3. The van der Waals surface area contributed by atoms with Crippen LogP contribution in [0.1, 0.15) is 55.7 Å². The highest BCUT2D eigenvalue weighted by atomic mass is 79.9. The van der Waals surface area contributed by atoms with Crippen molar-refractivity contribution in [3.05, 3.63) is 63.6 Å². The van der Waals surface area contributed by atoms with E-state index in [-0.39, 0.29) is 16.4 Å². The van der Waals surface area contributed by atoms with Crippen LogP contribution in [0.25, 0.3) is 0 Å². The largest absolute Gasteiger partial charge is 0.491 e. The van der Waals surface area contributed by atoms with E-state index in [2.05, 4.69) is 70.2 Å². The molecular formula is C32H38BrNO3. The second-order valence-corrected chi connectivity index (χ2v) is 14.0. The maximum Gasteiger partial charge on any atom is 0.137 e. The molecule has 4 bridgehead atoms. The molecule has 7 aliphatic rings. The first kappa shape index (κ1) is 23.5. The second-order valence-electron chi connectivity index (χ2n) is 13.1. The molecule has 5 aliphatic carbocycles. The predicted octanol–water partition coefficient (Wildman–Crippen LogP) is 6.14. The monoisotopic (exact) mass is 563 g/mol. The van der Waals surface area contributed by atoms with Gasteiger partial charge in [-0.05, 0) is 91.0 Å². The van der Waals surface area contributed by atoms with Gasteiger partial charge in [-0.15, -0.1) is 0 Å². The minimum absolute atomic E-state index is 0.111. The molecule has 2 spiro atoms. The molecule has 4 unspecified atom stereocenters. The highest BCUT2D eigenvalue weighted by molar-refractivity contribution is 9.10. The molecule has 5 heteroatoms. The lowest BCUT2D eigenvalue weighted by Crippen LogP contribution is -2.78. The Morgan fingerprint density at radius 1 is 1.08 bits per heavy atom. The van der Waals surface area contributed by atoms with Crippen molar-refractivity contribution < 1.29 is 14.2 Å². The van der Waals surface area contributed by atoms with Crippen molar-refractivity contribution in [1.82, 2.24) is 4.90 Å². The Bertz CT molecular complexity index is 1210. The van der Waals surface area contributed by atoms with Gasteiger partial charge in [-0.25, -0.2) is 0 Å². The normalized spacial score (nSPS) is 41.3. The highest BCUT2D eigenvalue weighted by Gasteiger charge is 2.76. The van der Waals surface area contributed by atoms with Crippen LogP contribution in [0.15, 0.2) is 46.9 Å². The van der Waals surface area contributed by atoms with Gasteiger partial charge < -0.3 is 14.2 Å². The van der Waals surface area contributed by atoms with Gasteiger partial charge in [0.05, 0.1) is 29.4 Å². The molecule has 196 valence electrons. The molecule has 0 aromatic heterocycles. The number of piperidine rings is 1. The zero-order valence-electron chi connectivity index (χ0n) is 22.0. The van der Waals surface area contributed by atoms with E-state index in [4.69, 9.17) is 14.2 Å². The minimum atomic E-state index is -0.131. The molecule has 5 fully saturated rings. The van der Waals surface area contributed by atoms with Gasteiger partial charge in [0.2, 0.25) is 0 Å². The Hall–Kier alpha value is -1.40. The van der Waals surface area contributed by atoms with Gasteiger partial charge in [0.1, 0.15) is 5.75 Å². The van der Waals surface area contributed by atoms with Gasteiger partial charge in [-0.3, -0.25) is 4.90 Å². The lowest BCUT2D eigenvalue weighted by atomic mass is 9.36. The molecule has 2 heterocycles. The maximum absolute atomic E-state index is 6.84. The smallest absolute Gasteiger partial charge is 0.137 e. The molecule has 0 radical (unpaired) electrons. The van der Waals surface area contributed by atoms with Gasteiger partial charge in [-0.1, -0.05) is 36.4 Å². The molecule has 0 N–H and O–H groups in total. The van der Waals surface area contributed by atoms with Crippen molar-refractivity contribution in [2.45, 2.75) is 75.2 Å². The summed E-state index contributed by atoms with van der Waals surface area (Å²) in [5.74, 6) is 2.88. The summed E-state index contributed by atoms with van der Waals surface area (Å²) < 4.78 is 20.8. The first-order chi connectivity index (χ1) is 18.0. The average Bonchev–Trinajstić information content (AvgIpc) is 3.65. The van der Waals surface area contributed by atoms with E-state index in [0.717, 1.165) is 29.2 Å². The molecule has 0 amide bonds. The molecule has 2 aliphatic heterocycles. The molecule has 4 saturated carbocycles. The third kappa shape index (κ3) is 3.06. The molecule has 37 heavy (non-hydrogen) atoms. The van der Waals surface area contributed by atoms with Crippen molar-refractivity contribution in [3.8, 4) is 5.75 Å². The number of hydrogen-bond acceptors (Lipinski definition) is 4. The van der Waals surface area contributed by atoms with Crippen molar-refractivity contribution in [2.75, 3.05) is 26.8 Å². The summed E-state index contributed by atoms with van der Waals surface area (Å²) in [6.07, 6.45) is 7.85. The van der Waals surface area contributed by atoms with E-state index in [9.17, 15) is 0 Å². The Labute approximate surface area is 229 Å². The van der Waals surface area contributed by atoms with E-state index in [1.54, 1.807) is 5.56 Å². The first-order valence-corrected chi connectivity index (χ1v) is 15.2. The summed E-state index contributed by atoms with van der Waals surface area (Å²) in [4.78, 5) is 2.92. The van der Waals surface area contributed by atoms with Crippen LogP contribution in [0.2, 0.25) is 0 Å². The quantitative estimate of drug-likeness (QED) is 0.422. The predicted molar refractivity (Wildman–Crippen MR) is 147 cm³/mol. The van der Waals surface area contributed by atoms with E-state index >= 15 is 0 Å². The zero-order valence-corrected chi connectivity index (χ0v) is 23.6. The summed E-state index contributed by atoms with van der Waals surface area (Å²) in [5.41, 5.74) is 4.55. The Balaban J connectivity index is 1.19. The van der Waals surface area contributed by atoms with Crippen molar-refractivity contribution in [3.63, 3.8) is 0 Å². The third-order valence-electron chi connectivity index (χ3n) is 11.7. The number of hydrogen-bond donors (Lipinski definition) is 0. The molecule has 9 rings (SSSR count). The van der Waals surface area contributed by atoms with Gasteiger partial charge in [0, 0.05) is 47.9 Å². The van der Waals surface area contributed by atoms with E-state index in [0.29, 0.717) is 30.6 Å². The molecule has 1 saturated heterocycles. The van der Waals surface area contributed by atoms with Crippen LogP contribution in [-0.2, 0) is 27.9 Å². The zero-order chi connectivity index (χ0) is 25.0. The van der Waals surface area contributed by atoms with Crippen LogP contribution in [-0.4, -0.2) is 49.5 Å². The fraction of sp³-hybridized carbons (Fsp3) is 0.625. The number of ether oxygens (including phenoxy) is 3. The average molecular weight is 565 g/mol. The maximum atomic E-state index is 6.84. The summed E-state index contributed by atoms with van der Waals surface area (Å²) in [6.45, 7) is 6.39. The van der Waals surface area contributed by atoms with Crippen LogP contribution in [0.5, 0.6) is 5.75 Å². The van der Waals surface area contributed by atoms with Crippen LogP contribution < -0.4 is 4.74 Å². The number of nitrogens with zero attached hydrogens (tertiary/aromatic N) is 1. The van der Waals surface area contributed by atoms with Crippen LogP contribution >= 0.6 is 15.9 Å². The van der Waals surface area contributed by atoms with Crippen LogP contribution in [0.4, 0.5) is 0 Å². The minimum Gasteiger partial charge on any atom is -0.491 e. The first-order valence-electron chi connectivity index (χ1n) is 14.4. The number of halogens is 1. The Morgan fingerprint density at radius 3 is 2.59 bits per heavy atom. The van der Waals surface area contributed by atoms with Gasteiger partial charge in [-0.2, -0.15) is 0 Å². The van der Waals surface area contributed by atoms with E-state index < -0.39 is 0 Å². The molecular weight excluding hydrogens is 526 g/mol. The molecule has 4 nitrogen and oxygen atoms in total. The summed E-state index contributed by atoms with van der Waals surface area (Å²) in [7, 11) is 1.92. The van der Waals surface area contributed by atoms with Crippen LogP contribution in [0.3, 0.4) is 0 Å². The van der Waals surface area contributed by atoms with Gasteiger partial charge in [0.15, 0.2) is 0 Å². The number of rotatable bonds is 6. The number of methoxy groups -OCH3 is 1. The fourth-order valence-electron chi connectivity index (χ4n) is 9.70. The summed E-state index contributed by atoms with van der Waals surface area (Å²) >= 11 is 3.84. The fourth-order valence-corrected chi connectivity index (χ4v) is 10.1. The van der Waals surface area contributed by atoms with E-state index in [1.165, 1.54) is 56.3 Å². The van der Waals surface area contributed by atoms with Crippen molar-refractivity contribution in [1.29, 1.82) is 0 Å². The van der Waals surface area contributed by atoms with Gasteiger partial charge in [0.25, 0.3) is 0 Å². The summed E-state index contributed by atoms with van der Waals surface area (Å²) in [6, 6.07) is 15.9. The summed E-state index contributed by atoms with van der Waals surface area (Å²) in [5, 5.41) is 0. The molecule has 2 aromatic rings. The SMILES string of the molecule is COC1C2CC3(CC1C2(C)OCc1ccccc1)C1Cc2ccc(Br)c4c2C3(CCN1CC1CC1)CO4. The van der Waals surface area contributed by atoms with E-state index in [1.807, 2.05) is 7.11 Å². The molecule has 2 aromatic carbocycles.